The van der Waals surface area contributed by atoms with E-state index in [9.17, 15) is 9.59 Å². The van der Waals surface area contributed by atoms with E-state index in [0.717, 1.165) is 29.8 Å². The first-order valence-corrected chi connectivity index (χ1v) is 8.79. The van der Waals surface area contributed by atoms with Crippen LogP contribution in [-0.4, -0.2) is 46.5 Å². The number of benzene rings is 1. The van der Waals surface area contributed by atoms with Crippen LogP contribution in [0.25, 0.3) is 11.3 Å². The lowest BCUT2D eigenvalue weighted by Crippen LogP contribution is -2.34. The molecule has 0 atom stereocenters. The minimum Gasteiger partial charge on any atom is -0.356 e. The van der Waals surface area contributed by atoms with Gasteiger partial charge in [0, 0.05) is 56.2 Å². The SMILES string of the molecule is CC(=O)NCCCC(=O)N1CCc2[nH]nc(-c3ccccc3)c2CC1. The highest BCUT2D eigenvalue weighted by Crippen LogP contribution is 2.26. The van der Waals surface area contributed by atoms with E-state index in [1.165, 1.54) is 12.5 Å². The van der Waals surface area contributed by atoms with Crippen LogP contribution in [-0.2, 0) is 22.4 Å². The van der Waals surface area contributed by atoms with Crippen LogP contribution < -0.4 is 5.32 Å². The third-order valence-corrected chi connectivity index (χ3v) is 4.56. The molecule has 1 aromatic carbocycles. The number of carbonyl (C=O) groups excluding carboxylic acids is 2. The molecule has 0 spiro atoms. The van der Waals surface area contributed by atoms with E-state index in [2.05, 4.69) is 27.6 Å². The molecule has 2 amide bonds. The summed E-state index contributed by atoms with van der Waals surface area (Å²) >= 11 is 0. The Hall–Kier alpha value is -2.63. The largest absolute Gasteiger partial charge is 0.356 e. The average molecular weight is 340 g/mol. The summed E-state index contributed by atoms with van der Waals surface area (Å²) in [6, 6.07) is 10.1. The fourth-order valence-corrected chi connectivity index (χ4v) is 3.23. The molecular formula is C19H24N4O2. The lowest BCUT2D eigenvalue weighted by molar-refractivity contribution is -0.131. The molecule has 2 N–H and O–H groups in total. The van der Waals surface area contributed by atoms with Gasteiger partial charge >= 0.3 is 0 Å². The molecule has 1 aliphatic rings. The topological polar surface area (TPSA) is 78.1 Å². The van der Waals surface area contributed by atoms with E-state index in [-0.39, 0.29) is 11.8 Å². The molecule has 0 radical (unpaired) electrons. The van der Waals surface area contributed by atoms with Gasteiger partial charge in [0.1, 0.15) is 0 Å². The number of rotatable bonds is 5. The zero-order valence-corrected chi connectivity index (χ0v) is 14.5. The molecule has 6 heteroatoms. The predicted molar refractivity (Wildman–Crippen MR) is 95.9 cm³/mol. The highest BCUT2D eigenvalue weighted by atomic mass is 16.2. The molecule has 1 aromatic heterocycles. The summed E-state index contributed by atoms with van der Waals surface area (Å²) in [5, 5.41) is 10.4. The Morgan fingerprint density at radius 1 is 1.20 bits per heavy atom. The number of hydrogen-bond donors (Lipinski definition) is 2. The summed E-state index contributed by atoms with van der Waals surface area (Å²) in [4.78, 5) is 25.2. The molecule has 0 saturated heterocycles. The summed E-state index contributed by atoms with van der Waals surface area (Å²) in [5.41, 5.74) is 4.46. The molecule has 0 fully saturated rings. The summed E-state index contributed by atoms with van der Waals surface area (Å²) in [6.07, 6.45) is 2.76. The summed E-state index contributed by atoms with van der Waals surface area (Å²) < 4.78 is 0. The van der Waals surface area contributed by atoms with Crippen LogP contribution >= 0.6 is 0 Å². The number of H-pyrrole nitrogens is 1. The molecular weight excluding hydrogens is 316 g/mol. The third kappa shape index (κ3) is 4.26. The fourth-order valence-electron chi connectivity index (χ4n) is 3.23. The van der Waals surface area contributed by atoms with Gasteiger partial charge in [0.05, 0.1) is 5.69 Å². The van der Waals surface area contributed by atoms with Crippen molar-refractivity contribution < 1.29 is 9.59 Å². The molecule has 0 bridgehead atoms. The number of nitrogens with one attached hydrogen (secondary N) is 2. The van der Waals surface area contributed by atoms with Crippen molar-refractivity contribution in [3.8, 4) is 11.3 Å². The van der Waals surface area contributed by atoms with E-state index < -0.39 is 0 Å². The Morgan fingerprint density at radius 3 is 2.72 bits per heavy atom. The molecule has 0 aliphatic carbocycles. The minimum absolute atomic E-state index is 0.0540. The number of aromatic amines is 1. The highest BCUT2D eigenvalue weighted by molar-refractivity contribution is 5.77. The van der Waals surface area contributed by atoms with Crippen molar-refractivity contribution in [1.29, 1.82) is 0 Å². The molecule has 132 valence electrons. The van der Waals surface area contributed by atoms with Crippen LogP contribution in [0.5, 0.6) is 0 Å². The van der Waals surface area contributed by atoms with Gasteiger partial charge in [-0.25, -0.2) is 0 Å². The molecule has 25 heavy (non-hydrogen) atoms. The molecule has 3 rings (SSSR count). The van der Waals surface area contributed by atoms with Crippen molar-refractivity contribution in [1.82, 2.24) is 20.4 Å². The van der Waals surface area contributed by atoms with Gasteiger partial charge in [-0.15, -0.1) is 0 Å². The number of carbonyl (C=O) groups is 2. The van der Waals surface area contributed by atoms with Gasteiger partial charge in [-0.05, 0) is 12.8 Å². The molecule has 1 aliphatic heterocycles. The summed E-state index contributed by atoms with van der Waals surface area (Å²) in [5.74, 6) is 0.103. The first-order chi connectivity index (χ1) is 12.1. The standard InChI is InChI=1S/C19H24N4O2/c1-14(24)20-11-5-8-18(25)23-12-9-16-17(10-13-23)21-22-19(16)15-6-3-2-4-7-15/h2-4,6-7H,5,8-13H2,1H3,(H,20,24)(H,21,22). The zero-order valence-electron chi connectivity index (χ0n) is 14.5. The van der Waals surface area contributed by atoms with Gasteiger partial charge in [-0.2, -0.15) is 5.10 Å². The van der Waals surface area contributed by atoms with E-state index in [1.54, 1.807) is 0 Å². The predicted octanol–water partition coefficient (Wildman–Crippen LogP) is 1.92. The van der Waals surface area contributed by atoms with Crippen LogP contribution in [0.1, 0.15) is 31.0 Å². The molecule has 6 nitrogen and oxygen atoms in total. The minimum atomic E-state index is -0.0540. The molecule has 2 aromatic rings. The Bertz CT molecular complexity index is 739. The van der Waals surface area contributed by atoms with Crippen LogP contribution in [0, 0.1) is 0 Å². The van der Waals surface area contributed by atoms with Gasteiger partial charge in [-0.1, -0.05) is 30.3 Å². The van der Waals surface area contributed by atoms with Gasteiger partial charge in [0.2, 0.25) is 11.8 Å². The number of hydrogen-bond acceptors (Lipinski definition) is 3. The molecule has 0 unspecified atom stereocenters. The van der Waals surface area contributed by atoms with E-state index >= 15 is 0 Å². The van der Waals surface area contributed by atoms with Crippen LogP contribution in [0.4, 0.5) is 0 Å². The van der Waals surface area contributed by atoms with Crippen molar-refractivity contribution in [2.75, 3.05) is 19.6 Å². The second-order valence-electron chi connectivity index (χ2n) is 6.36. The number of fused-ring (bicyclic) bond motifs is 1. The van der Waals surface area contributed by atoms with Crippen molar-refractivity contribution in [2.45, 2.75) is 32.6 Å². The second kappa shape index (κ2) is 7.96. The third-order valence-electron chi connectivity index (χ3n) is 4.56. The van der Waals surface area contributed by atoms with Crippen molar-refractivity contribution >= 4 is 11.8 Å². The van der Waals surface area contributed by atoms with Crippen molar-refractivity contribution in [3.05, 3.63) is 41.6 Å². The number of aromatic nitrogens is 2. The summed E-state index contributed by atoms with van der Waals surface area (Å²) in [7, 11) is 0. The summed E-state index contributed by atoms with van der Waals surface area (Å²) in [6.45, 7) is 3.46. The zero-order chi connectivity index (χ0) is 17.6. The maximum Gasteiger partial charge on any atom is 0.222 e. The van der Waals surface area contributed by atoms with Crippen LogP contribution in [0.2, 0.25) is 0 Å². The van der Waals surface area contributed by atoms with Crippen LogP contribution in [0.3, 0.4) is 0 Å². The second-order valence-corrected chi connectivity index (χ2v) is 6.36. The Morgan fingerprint density at radius 2 is 1.96 bits per heavy atom. The van der Waals surface area contributed by atoms with E-state index in [4.69, 9.17) is 0 Å². The number of amides is 2. The van der Waals surface area contributed by atoms with E-state index in [1.807, 2.05) is 23.1 Å². The first-order valence-electron chi connectivity index (χ1n) is 8.79. The quantitative estimate of drug-likeness (QED) is 0.816. The highest BCUT2D eigenvalue weighted by Gasteiger charge is 2.22. The molecule has 0 saturated carbocycles. The van der Waals surface area contributed by atoms with Gasteiger partial charge in [0.15, 0.2) is 0 Å². The van der Waals surface area contributed by atoms with Crippen LogP contribution in [0.15, 0.2) is 30.3 Å². The normalized spacial score (nSPS) is 13.9. The molecule has 2 heterocycles. The van der Waals surface area contributed by atoms with Crippen molar-refractivity contribution in [2.24, 2.45) is 0 Å². The fraction of sp³-hybridized carbons (Fsp3) is 0.421. The number of nitrogens with zero attached hydrogens (tertiary/aromatic N) is 2. The lowest BCUT2D eigenvalue weighted by atomic mass is 10.0. The van der Waals surface area contributed by atoms with Crippen molar-refractivity contribution in [3.63, 3.8) is 0 Å². The average Bonchev–Trinajstić information content (AvgIpc) is 2.90. The van der Waals surface area contributed by atoms with Gasteiger partial charge in [-0.3, -0.25) is 14.7 Å². The monoisotopic (exact) mass is 340 g/mol. The Labute approximate surface area is 147 Å². The smallest absolute Gasteiger partial charge is 0.222 e. The maximum absolute atomic E-state index is 12.4. The maximum atomic E-state index is 12.4. The van der Waals surface area contributed by atoms with Gasteiger partial charge < -0.3 is 10.2 Å². The van der Waals surface area contributed by atoms with Gasteiger partial charge in [0.25, 0.3) is 0 Å². The van der Waals surface area contributed by atoms with E-state index in [0.29, 0.717) is 32.5 Å². The lowest BCUT2D eigenvalue weighted by Gasteiger charge is -2.20. The Balaban J connectivity index is 1.60. The first kappa shape index (κ1) is 17.2. The Kier molecular flexibility index (Phi) is 5.48.